The molecule has 1 aromatic carbocycles. The summed E-state index contributed by atoms with van der Waals surface area (Å²) in [5.74, 6) is 0.833. The van der Waals surface area contributed by atoms with E-state index in [0.717, 1.165) is 12.0 Å². The number of likely N-dealkylation sites (N-methyl/N-ethyl adjacent to an activating group) is 1. The summed E-state index contributed by atoms with van der Waals surface area (Å²) < 4.78 is 0. The zero-order valence-corrected chi connectivity index (χ0v) is 13.9. The first-order valence-electron chi connectivity index (χ1n) is 7.53. The summed E-state index contributed by atoms with van der Waals surface area (Å²) in [6.07, 6.45) is 4.40. The van der Waals surface area contributed by atoms with Crippen LogP contribution in [0.3, 0.4) is 0 Å². The van der Waals surface area contributed by atoms with E-state index in [1.807, 2.05) is 12.1 Å². The highest BCUT2D eigenvalue weighted by Crippen LogP contribution is 2.58. The van der Waals surface area contributed by atoms with Crippen molar-refractivity contribution in [2.45, 2.75) is 44.2 Å². The van der Waals surface area contributed by atoms with Crippen LogP contribution in [0.1, 0.15) is 38.2 Å². The molecule has 2 N–H and O–H groups in total. The molecule has 21 heavy (non-hydrogen) atoms. The van der Waals surface area contributed by atoms with Crippen LogP contribution >= 0.6 is 12.4 Å². The Morgan fingerprint density at radius 1 is 1.24 bits per heavy atom. The molecule has 2 fully saturated rings. The molecule has 0 heterocycles. The van der Waals surface area contributed by atoms with E-state index in [9.17, 15) is 10.2 Å². The van der Waals surface area contributed by atoms with Crippen molar-refractivity contribution in [1.82, 2.24) is 4.90 Å². The summed E-state index contributed by atoms with van der Waals surface area (Å²) >= 11 is 0. The quantitative estimate of drug-likeness (QED) is 0.882. The van der Waals surface area contributed by atoms with Crippen molar-refractivity contribution in [3.05, 3.63) is 29.8 Å². The molecule has 4 heteroatoms. The monoisotopic (exact) mass is 311 g/mol. The van der Waals surface area contributed by atoms with Gasteiger partial charge < -0.3 is 15.1 Å². The number of aliphatic hydroxyl groups is 1. The maximum atomic E-state index is 11.5. The number of fused-ring (bicyclic) bond motifs is 2. The molecule has 2 bridgehead atoms. The molecule has 3 nitrogen and oxygen atoms in total. The van der Waals surface area contributed by atoms with E-state index in [1.165, 1.54) is 19.3 Å². The number of benzene rings is 1. The van der Waals surface area contributed by atoms with E-state index in [2.05, 4.69) is 25.9 Å². The van der Waals surface area contributed by atoms with E-state index in [1.54, 1.807) is 12.1 Å². The van der Waals surface area contributed by atoms with E-state index < -0.39 is 5.60 Å². The molecule has 0 radical (unpaired) electrons. The third kappa shape index (κ3) is 2.56. The van der Waals surface area contributed by atoms with Gasteiger partial charge in [0.25, 0.3) is 0 Å². The van der Waals surface area contributed by atoms with Gasteiger partial charge in [-0.25, -0.2) is 0 Å². The van der Waals surface area contributed by atoms with Crippen molar-refractivity contribution in [3.63, 3.8) is 0 Å². The van der Waals surface area contributed by atoms with Crippen LogP contribution < -0.4 is 0 Å². The maximum Gasteiger partial charge on any atom is 0.115 e. The molecule has 0 aliphatic heterocycles. The summed E-state index contributed by atoms with van der Waals surface area (Å²) in [5, 5.41) is 21.3. The van der Waals surface area contributed by atoms with Gasteiger partial charge in [-0.2, -0.15) is 0 Å². The van der Waals surface area contributed by atoms with Gasteiger partial charge >= 0.3 is 0 Å². The van der Waals surface area contributed by atoms with E-state index >= 15 is 0 Å². The molecule has 118 valence electrons. The lowest BCUT2D eigenvalue weighted by Crippen LogP contribution is -2.58. The van der Waals surface area contributed by atoms with Gasteiger partial charge in [0.05, 0.1) is 0 Å². The highest BCUT2D eigenvalue weighted by atomic mass is 35.5. The zero-order chi connectivity index (χ0) is 14.5. The van der Waals surface area contributed by atoms with E-state index in [-0.39, 0.29) is 29.6 Å². The van der Waals surface area contributed by atoms with Gasteiger partial charge in [0.2, 0.25) is 0 Å². The molecule has 2 aliphatic rings. The second kappa shape index (κ2) is 5.45. The van der Waals surface area contributed by atoms with Gasteiger partial charge in [-0.05, 0) is 68.8 Å². The Morgan fingerprint density at radius 2 is 1.95 bits per heavy atom. The number of halogens is 1. The fourth-order valence-electron chi connectivity index (χ4n) is 5.05. The van der Waals surface area contributed by atoms with Crippen LogP contribution in [0.15, 0.2) is 24.3 Å². The lowest BCUT2D eigenvalue weighted by atomic mass is 9.62. The number of nitrogens with zero attached hydrogens (tertiary/aromatic N) is 1. The molecule has 4 atom stereocenters. The van der Waals surface area contributed by atoms with Crippen LogP contribution in [0.2, 0.25) is 0 Å². The van der Waals surface area contributed by atoms with Crippen molar-refractivity contribution in [2.75, 3.05) is 14.1 Å². The topological polar surface area (TPSA) is 43.7 Å². The Bertz CT molecular complexity index is 521. The third-order valence-corrected chi connectivity index (χ3v) is 5.45. The fourth-order valence-corrected chi connectivity index (χ4v) is 5.05. The first-order valence-corrected chi connectivity index (χ1v) is 7.53. The largest absolute Gasteiger partial charge is 0.508 e. The van der Waals surface area contributed by atoms with Crippen molar-refractivity contribution in [2.24, 2.45) is 11.3 Å². The number of rotatable bonds is 2. The Labute approximate surface area is 133 Å². The predicted octanol–water partition coefficient (Wildman–Crippen LogP) is 3.14. The Balaban J connectivity index is 0.00000161. The predicted molar refractivity (Wildman–Crippen MR) is 86.8 cm³/mol. The van der Waals surface area contributed by atoms with Crippen molar-refractivity contribution in [3.8, 4) is 5.75 Å². The Morgan fingerprint density at radius 3 is 2.57 bits per heavy atom. The summed E-state index contributed by atoms with van der Waals surface area (Å²) in [7, 11) is 4.12. The number of phenols is 1. The molecule has 0 saturated heterocycles. The first-order chi connectivity index (χ1) is 9.35. The van der Waals surface area contributed by atoms with Crippen LogP contribution in [0, 0.1) is 11.3 Å². The normalized spacial score (nSPS) is 38.3. The zero-order valence-electron chi connectivity index (χ0n) is 13.0. The minimum atomic E-state index is -0.865. The molecule has 1 aromatic rings. The lowest BCUT2D eigenvalue weighted by molar-refractivity contribution is -0.121. The minimum Gasteiger partial charge on any atom is -0.508 e. The SMILES string of the molecule is CN(C)C1C2(C)CCC(C2)CC1(O)c1cccc(O)c1.Cl. The summed E-state index contributed by atoms with van der Waals surface area (Å²) in [5.41, 5.74) is 0.150. The van der Waals surface area contributed by atoms with Crippen LogP contribution in [0.25, 0.3) is 0 Å². The molecular formula is C17H26ClNO2. The van der Waals surface area contributed by atoms with E-state index in [0.29, 0.717) is 5.92 Å². The highest BCUT2D eigenvalue weighted by Gasteiger charge is 2.58. The Kier molecular flexibility index (Phi) is 4.31. The van der Waals surface area contributed by atoms with Gasteiger partial charge in [0, 0.05) is 6.04 Å². The molecule has 0 amide bonds. The number of hydrogen-bond acceptors (Lipinski definition) is 3. The van der Waals surface area contributed by atoms with Gasteiger partial charge in [-0.15, -0.1) is 12.4 Å². The average Bonchev–Trinajstić information content (AvgIpc) is 2.65. The molecule has 3 rings (SSSR count). The summed E-state index contributed by atoms with van der Waals surface area (Å²) in [4.78, 5) is 2.17. The van der Waals surface area contributed by atoms with Gasteiger partial charge in [-0.1, -0.05) is 19.1 Å². The average molecular weight is 312 g/mol. The fraction of sp³-hybridized carbons (Fsp3) is 0.647. The van der Waals surface area contributed by atoms with Crippen molar-refractivity contribution in [1.29, 1.82) is 0 Å². The highest BCUT2D eigenvalue weighted by molar-refractivity contribution is 5.85. The van der Waals surface area contributed by atoms with Gasteiger partial charge in [-0.3, -0.25) is 0 Å². The summed E-state index contributed by atoms with van der Waals surface area (Å²) in [6, 6.07) is 7.26. The Hall–Kier alpha value is -0.770. The molecule has 2 aliphatic carbocycles. The van der Waals surface area contributed by atoms with Crippen LogP contribution in [-0.4, -0.2) is 35.3 Å². The van der Waals surface area contributed by atoms with E-state index in [4.69, 9.17) is 0 Å². The second-order valence-corrected chi connectivity index (χ2v) is 7.31. The molecule has 0 aromatic heterocycles. The number of aromatic hydroxyl groups is 1. The molecular weight excluding hydrogens is 286 g/mol. The summed E-state index contributed by atoms with van der Waals surface area (Å²) in [6.45, 7) is 2.31. The number of phenolic OH excluding ortho intramolecular Hbond substituents is 1. The smallest absolute Gasteiger partial charge is 0.115 e. The number of hydrogen-bond donors (Lipinski definition) is 2. The standard InChI is InChI=1S/C17H25NO2.ClH/c1-16-8-7-12(10-16)11-17(20,15(16)18(2)3)13-5-4-6-14(19)9-13;/h4-6,9,12,15,19-20H,7-8,10-11H2,1-3H3;1H. The molecule has 2 saturated carbocycles. The maximum absolute atomic E-state index is 11.5. The van der Waals surface area contributed by atoms with Crippen molar-refractivity contribution >= 4 is 12.4 Å². The van der Waals surface area contributed by atoms with Crippen LogP contribution in [-0.2, 0) is 5.60 Å². The van der Waals surface area contributed by atoms with Crippen molar-refractivity contribution < 1.29 is 10.2 Å². The van der Waals surface area contributed by atoms with Gasteiger partial charge in [0.1, 0.15) is 11.4 Å². The lowest BCUT2D eigenvalue weighted by Gasteiger charge is -2.52. The minimum absolute atomic E-state index is 0. The molecule has 0 spiro atoms. The van der Waals surface area contributed by atoms with Crippen LogP contribution in [0.4, 0.5) is 0 Å². The second-order valence-electron chi connectivity index (χ2n) is 7.31. The molecule has 4 unspecified atom stereocenters. The van der Waals surface area contributed by atoms with Gasteiger partial charge in [0.15, 0.2) is 0 Å². The van der Waals surface area contributed by atoms with Crippen LogP contribution in [0.5, 0.6) is 5.75 Å². The first kappa shape index (κ1) is 16.6. The third-order valence-electron chi connectivity index (χ3n) is 5.45.